The van der Waals surface area contributed by atoms with Gasteiger partial charge in [-0.1, -0.05) is 85.8 Å². The minimum absolute atomic E-state index is 0.0116. The summed E-state index contributed by atoms with van der Waals surface area (Å²) in [5.41, 5.74) is -1.80. The quantitative estimate of drug-likeness (QED) is 0.00371. The average Bonchev–Trinajstić information content (AvgIpc) is 0.743. The number of carbonyl (C=O) groups excluding carboxylic acids is 8. The van der Waals surface area contributed by atoms with Gasteiger partial charge in [-0.2, -0.15) is 4.39 Å². The minimum Gasteiger partial charge on any atom is -0.504 e. The molecule has 8 aromatic rings. The van der Waals surface area contributed by atoms with Gasteiger partial charge in [0.2, 0.25) is 41.1 Å². The van der Waals surface area contributed by atoms with Crippen LogP contribution in [0.2, 0.25) is 30.7 Å². The summed E-state index contributed by atoms with van der Waals surface area (Å²) in [5, 5.41) is 55.2. The number of phenolic OH excluding ortho intramolecular Hbond substituents is 1. The van der Waals surface area contributed by atoms with Gasteiger partial charge in [0.25, 0.3) is 0 Å². The molecule has 8 aromatic carbocycles. The molecule has 3 aliphatic rings. The topological polar surface area (TPSA) is 434 Å². The Morgan fingerprint density at radius 2 is 1.34 bits per heavy atom. The smallest absolute Gasteiger partial charge is 0.408 e. The van der Waals surface area contributed by atoms with E-state index in [0.717, 1.165) is 30.3 Å². The Morgan fingerprint density at radius 3 is 2.01 bits per heavy atom. The van der Waals surface area contributed by atoms with Crippen LogP contribution in [0.5, 0.6) is 63.2 Å². The fraction of sp³-hybridized carbons (Fsp3) is 0.341. The lowest BCUT2D eigenvalue weighted by Gasteiger charge is -2.32. The number of benzene rings is 8. The van der Waals surface area contributed by atoms with Gasteiger partial charge in [0.15, 0.2) is 35.3 Å². The van der Waals surface area contributed by atoms with Gasteiger partial charge in [0.1, 0.15) is 89.8 Å². The zero-order chi connectivity index (χ0) is 88.4. The van der Waals surface area contributed by atoms with Crippen LogP contribution in [0.4, 0.5) is 19.7 Å². The first kappa shape index (κ1) is 91.3. The Kier molecular flexibility index (Phi) is 30.6. The number of aliphatic hydroxyl groups is 1. The molecule has 2 unspecified atom stereocenters. The molecule has 34 nitrogen and oxygen atoms in total. The molecule has 0 spiro atoms. The largest absolute Gasteiger partial charge is 0.504 e. The number of rotatable bonds is 31. The van der Waals surface area contributed by atoms with E-state index in [0.29, 0.717) is 11.6 Å². The number of nitro benzene ring substituents is 1. The third kappa shape index (κ3) is 23.3. The van der Waals surface area contributed by atoms with E-state index < -0.39 is 145 Å². The molecule has 0 aromatic heterocycles. The van der Waals surface area contributed by atoms with Crippen LogP contribution in [-0.2, 0) is 70.2 Å². The monoisotopic (exact) mass is 1720 g/mol. The van der Waals surface area contributed by atoms with Crippen LogP contribution in [0.25, 0.3) is 11.1 Å². The van der Waals surface area contributed by atoms with Crippen LogP contribution in [0.15, 0.2) is 146 Å². The van der Waals surface area contributed by atoms with E-state index in [1.165, 1.54) is 135 Å². The molecule has 0 saturated heterocycles. The molecule has 37 heteroatoms. The highest BCUT2D eigenvalue weighted by Gasteiger charge is 2.41. The highest BCUT2D eigenvalue weighted by Crippen LogP contribution is 2.48. The summed E-state index contributed by atoms with van der Waals surface area (Å²) in [6.45, 7) is 10.3. The highest BCUT2D eigenvalue weighted by molar-refractivity contribution is 6.76. The van der Waals surface area contributed by atoms with Gasteiger partial charge >= 0.3 is 23.8 Å². The number of nitro groups is 1. The predicted octanol–water partition coefficient (Wildman–Crippen LogP) is 11.6. The summed E-state index contributed by atoms with van der Waals surface area (Å²) in [7, 11) is 7.35. The van der Waals surface area contributed by atoms with Crippen molar-refractivity contribution in [1.82, 2.24) is 37.2 Å². The predicted molar refractivity (Wildman–Crippen MR) is 440 cm³/mol. The Bertz CT molecular complexity index is 5190. The van der Waals surface area contributed by atoms with Gasteiger partial charge < -0.3 is 114 Å². The third-order valence-electron chi connectivity index (χ3n) is 19.0. The summed E-state index contributed by atoms with van der Waals surface area (Å²) >= 11 is 7.02. The summed E-state index contributed by atoms with van der Waals surface area (Å²) < 4.78 is 97.2. The van der Waals surface area contributed by atoms with E-state index >= 15 is 28.4 Å². The Balaban J connectivity index is 1.17. The number of phenols is 1. The number of ether oxygens (including phenoxy) is 14. The summed E-state index contributed by atoms with van der Waals surface area (Å²) in [5.74, 6) is -10.2. The van der Waals surface area contributed by atoms with Crippen LogP contribution < -0.4 is 75.1 Å². The number of methoxy groups -OCH3 is 7. The number of nitrogens with zero attached hydrogens (tertiary/aromatic N) is 1. The number of halogens is 2. The molecule has 11 rings (SSSR count). The van der Waals surface area contributed by atoms with Crippen molar-refractivity contribution in [1.29, 1.82) is 0 Å². The lowest BCUT2D eigenvalue weighted by Crippen LogP contribution is -2.55. The Labute approximate surface area is 706 Å². The molecule has 8 bridgehead atoms. The molecule has 7 amide bonds. The zero-order valence-electron chi connectivity index (χ0n) is 68.8. The second kappa shape index (κ2) is 40.8. The number of hydrogen-bond acceptors (Lipinski definition) is 26. The molecule has 0 saturated carbocycles. The molecular weight excluding hydrogens is 1630 g/mol. The first-order chi connectivity index (χ1) is 58.1. The fourth-order valence-corrected chi connectivity index (χ4v) is 13.9. The first-order valence-electron chi connectivity index (χ1n) is 38.0. The number of esters is 1. The third-order valence-corrected chi connectivity index (χ3v) is 21.0. The summed E-state index contributed by atoms with van der Waals surface area (Å²) in [6, 6.07) is 21.3. The number of nitrogens with one attached hydrogen (secondary N) is 7. The number of amides is 7. The second-order valence-corrected chi connectivity index (χ2v) is 36.0. The van der Waals surface area contributed by atoms with Crippen LogP contribution in [0.3, 0.4) is 0 Å². The van der Waals surface area contributed by atoms with Crippen molar-refractivity contribution in [2.45, 2.75) is 114 Å². The molecule has 8 atom stereocenters. The zero-order valence-corrected chi connectivity index (χ0v) is 70.6. The van der Waals surface area contributed by atoms with Crippen LogP contribution in [0, 0.1) is 15.9 Å². The maximum absolute atomic E-state index is 16.5. The van der Waals surface area contributed by atoms with Crippen molar-refractivity contribution in [2.75, 3.05) is 76.4 Å². The fourth-order valence-electron chi connectivity index (χ4n) is 12.9. The van der Waals surface area contributed by atoms with E-state index in [4.69, 9.17) is 77.9 Å². The summed E-state index contributed by atoms with van der Waals surface area (Å²) in [6.07, 6.45) is -6.39. The molecule has 122 heavy (non-hydrogen) atoms. The highest BCUT2D eigenvalue weighted by atomic mass is 35.5. The number of alkyl carbamates (subject to hydrolysis) is 2. The van der Waals surface area contributed by atoms with Gasteiger partial charge in [0.05, 0.1) is 72.4 Å². The lowest BCUT2D eigenvalue weighted by molar-refractivity contribution is -0.387. The van der Waals surface area contributed by atoms with Gasteiger partial charge in [-0.05, 0) is 139 Å². The Hall–Kier alpha value is -13.0. The molecule has 9 N–H and O–H groups in total. The SMILES string of the molecule is COCCOCOC1NC(=O)[C@H]2NC(=O)[C@H](NC(=O)[C@H](NC(=O)C(NC(=O)[C@@H](Cc3ccc(F)c([N+](=O)[O-])c3)NC(=O)OCC[Si](C)(C)C)c3cc(OC)cc(Oc4cc([C@H](NC(=O)OC(C)(C)C)C(=O)OCc5ccccc5)ccc4OC)c3)c3cc(O)c(OC)c(c3)Oc3ccc(cc3Cl)[C@H]2O)c2ccc(OC)c(c2)-c2c(OC)cc(OC)cc21. The molecule has 0 fully saturated rings. The van der Waals surface area contributed by atoms with E-state index in [1.54, 1.807) is 51.1 Å². The lowest BCUT2D eigenvalue weighted by atomic mass is 9.91. The van der Waals surface area contributed by atoms with Crippen molar-refractivity contribution in [3.8, 4) is 74.4 Å². The molecule has 0 radical (unpaired) electrons. The molecule has 3 aliphatic heterocycles. The summed E-state index contributed by atoms with van der Waals surface area (Å²) in [4.78, 5) is 133. The maximum atomic E-state index is 16.5. The molecule has 648 valence electrons. The van der Waals surface area contributed by atoms with E-state index in [9.17, 15) is 34.7 Å². The van der Waals surface area contributed by atoms with Crippen molar-refractivity contribution in [2.24, 2.45) is 0 Å². The van der Waals surface area contributed by atoms with Gasteiger partial charge in [0, 0.05) is 56.5 Å². The number of aromatic hydroxyl groups is 1. The number of hydrogen-bond donors (Lipinski definition) is 9. The van der Waals surface area contributed by atoms with Crippen LogP contribution in [0.1, 0.15) is 102 Å². The van der Waals surface area contributed by atoms with Crippen LogP contribution >= 0.6 is 11.6 Å². The standard InChI is InChI=1S/C85H94ClFN8O26Si/c1-85(2,3)121-84(105)93-72(82(103)117-43-45-17-15-14-16-18-45)48-21-26-64(112-8)65(38-48)119-54-34-50(33-52(40-54)109-5)70(89-76(98)59(88-83(104)116-29-30-122(11,12)13)31-46-19-23-58(87)60(32-46)95(106)107)78(100)91-71-51-37-61(96)75(114-10)67(39-51)120-63-25-22-49(36-57(63)86)74(97)73-80(102)94-81(118-44-115-28-27-108-4)56-41-53(110-6)42-66(113-9)68(56)55-35-47(20-24-62(55)111-7)69(77(99)92-73)90-79(71)101/h14-26,32-42,59,69-74,81,96-97H,27-31,43-44H2,1-13H3,(H,88,104)(H,89,98)(H,90,101)(H,91,100)(H,92,99)(H,93,105)(H,94,102)/t59-,69-,70?,71-,72+,73+,74-,81?/m1/s1. The average molecular weight is 1730 g/mol. The first-order valence-corrected chi connectivity index (χ1v) is 42.0. The van der Waals surface area contributed by atoms with E-state index in [2.05, 4.69) is 37.2 Å². The maximum Gasteiger partial charge on any atom is 0.408 e. The van der Waals surface area contributed by atoms with Crippen molar-refractivity contribution < 1.29 is 124 Å². The van der Waals surface area contributed by atoms with Gasteiger partial charge in [-0.3, -0.25) is 34.1 Å². The molecule has 0 aliphatic carbocycles. The molecular formula is C85H94ClFN8O26Si. The number of carbonyl (C=O) groups is 8. The number of aliphatic hydroxyl groups excluding tert-OH is 1. The van der Waals surface area contributed by atoms with Gasteiger partial charge in [-0.15, -0.1) is 0 Å². The number of fused-ring (bicyclic) bond motifs is 8. The van der Waals surface area contributed by atoms with E-state index in [-0.39, 0.29) is 139 Å². The van der Waals surface area contributed by atoms with Crippen molar-refractivity contribution in [3.63, 3.8) is 0 Å². The van der Waals surface area contributed by atoms with Gasteiger partial charge in [-0.25, -0.2) is 14.4 Å². The van der Waals surface area contributed by atoms with E-state index in [1.807, 2.05) is 19.6 Å². The minimum atomic E-state index is -2.23. The second-order valence-electron chi connectivity index (χ2n) is 30.0. The Morgan fingerprint density at radius 1 is 0.631 bits per heavy atom. The van der Waals surface area contributed by atoms with Crippen molar-refractivity contribution in [3.05, 3.63) is 211 Å². The molecule has 3 heterocycles. The van der Waals surface area contributed by atoms with Crippen molar-refractivity contribution >= 4 is 73.1 Å². The normalized spacial score (nSPS) is 16.4. The van der Waals surface area contributed by atoms with Crippen LogP contribution in [-0.4, -0.2) is 165 Å².